The maximum atomic E-state index is 5.82. The largest absolute Gasteiger partial charge is 0.387 e. The molecule has 2 heteroatoms. The first-order valence-corrected chi connectivity index (χ1v) is 5.09. The summed E-state index contributed by atoms with van der Waals surface area (Å²) in [6.45, 7) is 5.72. The van der Waals surface area contributed by atoms with Crippen molar-refractivity contribution in [3.63, 3.8) is 0 Å². The summed E-state index contributed by atoms with van der Waals surface area (Å²) in [5.74, 6) is 0.928. The number of nitrogens with two attached hydrogens (primary N) is 1. The van der Waals surface area contributed by atoms with Gasteiger partial charge in [0.1, 0.15) is 5.84 Å². The topological polar surface area (TPSA) is 38.4 Å². The SMILES string of the molecule is C=CN=C(N)C1C=C(CCC)C=CC1.[HH]. The molecule has 0 fully saturated rings. The lowest BCUT2D eigenvalue weighted by Crippen LogP contribution is -2.22. The van der Waals surface area contributed by atoms with Crippen LogP contribution < -0.4 is 5.73 Å². The molecular formula is C12H20N2. The van der Waals surface area contributed by atoms with E-state index in [2.05, 4.69) is 36.7 Å². The van der Waals surface area contributed by atoms with E-state index in [1.165, 1.54) is 18.2 Å². The van der Waals surface area contributed by atoms with E-state index in [9.17, 15) is 0 Å². The van der Waals surface area contributed by atoms with E-state index in [1.807, 2.05) is 0 Å². The molecule has 0 aromatic rings. The predicted octanol–water partition coefficient (Wildman–Crippen LogP) is 3.04. The van der Waals surface area contributed by atoms with Gasteiger partial charge < -0.3 is 5.73 Å². The minimum Gasteiger partial charge on any atom is -0.387 e. The molecule has 2 nitrogen and oxygen atoms in total. The maximum absolute atomic E-state index is 5.82. The zero-order chi connectivity index (χ0) is 10.4. The molecule has 1 atom stereocenters. The normalized spacial score (nSPS) is 21.9. The average Bonchev–Trinajstić information content (AvgIpc) is 2.19. The van der Waals surface area contributed by atoms with Crippen LogP contribution in [-0.4, -0.2) is 5.84 Å². The van der Waals surface area contributed by atoms with Crippen LogP contribution in [0.5, 0.6) is 0 Å². The summed E-state index contributed by atoms with van der Waals surface area (Å²) >= 11 is 0. The first kappa shape index (κ1) is 10.8. The second kappa shape index (κ2) is 5.43. The second-order valence-electron chi connectivity index (χ2n) is 3.47. The Balaban J connectivity index is 0.00000196. The fourth-order valence-electron chi connectivity index (χ4n) is 1.61. The summed E-state index contributed by atoms with van der Waals surface area (Å²) in [4.78, 5) is 4.02. The predicted molar refractivity (Wildman–Crippen MR) is 64.2 cm³/mol. The summed E-state index contributed by atoms with van der Waals surface area (Å²) in [5, 5.41) is 0. The third-order valence-corrected chi connectivity index (χ3v) is 2.30. The molecule has 0 heterocycles. The number of amidine groups is 1. The van der Waals surface area contributed by atoms with Crippen LogP contribution in [0.2, 0.25) is 0 Å². The lowest BCUT2D eigenvalue weighted by atomic mass is 9.93. The van der Waals surface area contributed by atoms with Crippen LogP contribution >= 0.6 is 0 Å². The monoisotopic (exact) mass is 192 g/mol. The van der Waals surface area contributed by atoms with E-state index in [0.29, 0.717) is 5.84 Å². The highest BCUT2D eigenvalue weighted by Crippen LogP contribution is 2.20. The molecule has 0 amide bonds. The molecule has 0 aliphatic heterocycles. The van der Waals surface area contributed by atoms with Gasteiger partial charge in [-0.1, -0.05) is 43.7 Å². The van der Waals surface area contributed by atoms with Gasteiger partial charge in [0, 0.05) is 13.5 Å². The smallest absolute Gasteiger partial charge is 0.106 e. The van der Waals surface area contributed by atoms with Crippen LogP contribution in [0.25, 0.3) is 0 Å². The minimum atomic E-state index is 0. The molecule has 1 aliphatic rings. The van der Waals surface area contributed by atoms with Crippen molar-refractivity contribution in [2.24, 2.45) is 16.6 Å². The van der Waals surface area contributed by atoms with Crippen molar-refractivity contribution >= 4 is 5.84 Å². The zero-order valence-corrected chi connectivity index (χ0v) is 8.74. The Morgan fingerprint density at radius 2 is 2.64 bits per heavy atom. The summed E-state index contributed by atoms with van der Waals surface area (Å²) in [7, 11) is 0. The van der Waals surface area contributed by atoms with Crippen molar-refractivity contribution in [2.75, 3.05) is 0 Å². The third-order valence-electron chi connectivity index (χ3n) is 2.30. The van der Waals surface area contributed by atoms with E-state index < -0.39 is 0 Å². The van der Waals surface area contributed by atoms with Crippen molar-refractivity contribution < 1.29 is 1.43 Å². The number of allylic oxidation sites excluding steroid dienone is 3. The highest BCUT2D eigenvalue weighted by atomic mass is 14.8. The van der Waals surface area contributed by atoms with Gasteiger partial charge in [-0.15, -0.1) is 0 Å². The van der Waals surface area contributed by atoms with E-state index in [0.717, 1.165) is 12.8 Å². The summed E-state index contributed by atoms with van der Waals surface area (Å²) < 4.78 is 0. The van der Waals surface area contributed by atoms with Crippen molar-refractivity contribution in [3.8, 4) is 0 Å². The van der Waals surface area contributed by atoms with Gasteiger partial charge in [-0.05, 0) is 12.8 Å². The van der Waals surface area contributed by atoms with Gasteiger partial charge in [0.15, 0.2) is 0 Å². The van der Waals surface area contributed by atoms with Gasteiger partial charge in [-0.3, -0.25) is 0 Å². The first-order valence-electron chi connectivity index (χ1n) is 5.09. The molecule has 0 bridgehead atoms. The quantitative estimate of drug-likeness (QED) is 0.539. The van der Waals surface area contributed by atoms with E-state index in [4.69, 9.17) is 5.73 Å². The van der Waals surface area contributed by atoms with E-state index in [1.54, 1.807) is 0 Å². The molecule has 2 N–H and O–H groups in total. The Morgan fingerprint density at radius 3 is 3.29 bits per heavy atom. The van der Waals surface area contributed by atoms with Gasteiger partial charge in [0.2, 0.25) is 0 Å². The van der Waals surface area contributed by atoms with Gasteiger partial charge in [0.25, 0.3) is 0 Å². The zero-order valence-electron chi connectivity index (χ0n) is 8.74. The van der Waals surface area contributed by atoms with Gasteiger partial charge in [0.05, 0.1) is 0 Å². The van der Waals surface area contributed by atoms with Crippen LogP contribution in [0, 0.1) is 5.92 Å². The molecule has 0 saturated heterocycles. The Bertz CT molecular complexity index is 290. The van der Waals surface area contributed by atoms with Crippen LogP contribution in [-0.2, 0) is 0 Å². The lowest BCUT2D eigenvalue weighted by molar-refractivity contribution is 0.817. The highest BCUT2D eigenvalue weighted by Gasteiger charge is 2.12. The van der Waals surface area contributed by atoms with Crippen molar-refractivity contribution in [1.82, 2.24) is 0 Å². The van der Waals surface area contributed by atoms with Crippen LogP contribution in [0.3, 0.4) is 0 Å². The van der Waals surface area contributed by atoms with Gasteiger partial charge in [-0.25, -0.2) is 4.99 Å². The van der Waals surface area contributed by atoms with Crippen molar-refractivity contribution in [2.45, 2.75) is 26.2 Å². The molecule has 78 valence electrons. The highest BCUT2D eigenvalue weighted by molar-refractivity contribution is 5.85. The molecule has 1 aliphatic carbocycles. The van der Waals surface area contributed by atoms with Crippen LogP contribution in [0.4, 0.5) is 0 Å². The molecule has 0 aromatic heterocycles. The van der Waals surface area contributed by atoms with Crippen molar-refractivity contribution in [3.05, 3.63) is 36.6 Å². The molecule has 0 saturated carbocycles. The van der Waals surface area contributed by atoms with Gasteiger partial charge in [-0.2, -0.15) is 0 Å². The Hall–Kier alpha value is -1.31. The van der Waals surface area contributed by atoms with E-state index >= 15 is 0 Å². The number of nitrogens with zero attached hydrogens (tertiary/aromatic N) is 1. The number of hydrogen-bond donors (Lipinski definition) is 1. The molecule has 0 aromatic carbocycles. The Kier molecular flexibility index (Phi) is 4.17. The molecule has 0 spiro atoms. The van der Waals surface area contributed by atoms with Crippen LogP contribution in [0.15, 0.2) is 41.6 Å². The first-order chi connectivity index (χ1) is 6.77. The van der Waals surface area contributed by atoms with Gasteiger partial charge >= 0.3 is 0 Å². The number of aliphatic imine (C=N–C) groups is 1. The number of rotatable bonds is 4. The standard InChI is InChI=1S/C12H18N2.H2/c1-3-6-10-7-5-8-11(9-10)12(13)14-4-2;/h4-5,7,9,11H,2-3,6,8H2,1H3,(H2,13,14);1H. The molecule has 14 heavy (non-hydrogen) atoms. The summed E-state index contributed by atoms with van der Waals surface area (Å²) in [6.07, 6.45) is 11.3. The molecule has 1 rings (SSSR count). The Labute approximate surface area is 87.4 Å². The second-order valence-corrected chi connectivity index (χ2v) is 3.47. The fraction of sp³-hybridized carbons (Fsp3) is 0.417. The third kappa shape index (κ3) is 2.87. The molecule has 0 radical (unpaired) electrons. The minimum absolute atomic E-state index is 0. The average molecular weight is 192 g/mol. The number of hydrogen-bond acceptors (Lipinski definition) is 1. The summed E-state index contributed by atoms with van der Waals surface area (Å²) in [6, 6.07) is 0. The fourth-order valence-corrected chi connectivity index (χ4v) is 1.61. The van der Waals surface area contributed by atoms with E-state index in [-0.39, 0.29) is 7.34 Å². The van der Waals surface area contributed by atoms with Crippen LogP contribution in [0.1, 0.15) is 27.6 Å². The molecular weight excluding hydrogens is 172 g/mol. The Morgan fingerprint density at radius 1 is 1.86 bits per heavy atom. The molecule has 1 unspecified atom stereocenters. The lowest BCUT2D eigenvalue weighted by Gasteiger charge is -2.15. The maximum Gasteiger partial charge on any atom is 0.106 e. The summed E-state index contributed by atoms with van der Waals surface area (Å²) in [5.41, 5.74) is 7.18. The van der Waals surface area contributed by atoms with Crippen molar-refractivity contribution in [1.29, 1.82) is 0 Å².